The van der Waals surface area contributed by atoms with E-state index in [1.54, 1.807) is 36.4 Å². The van der Waals surface area contributed by atoms with Crippen LogP contribution < -0.4 is 5.32 Å². The average Bonchev–Trinajstić information content (AvgIpc) is 2.78. The molecule has 3 rings (SSSR count). The summed E-state index contributed by atoms with van der Waals surface area (Å²) in [5.74, 6) is -0.847. The van der Waals surface area contributed by atoms with Crippen molar-refractivity contribution in [3.05, 3.63) is 101 Å². The third-order valence-corrected chi connectivity index (χ3v) is 6.30. The van der Waals surface area contributed by atoms with Crippen molar-refractivity contribution in [1.29, 1.82) is 0 Å². The average molecular weight is 471 g/mol. The SMILES string of the molecule is CS(=O)(=O)N(CCc1ccccc1)CC(=O)Nc1ccc(Cl)cc1C(=O)c1ccccc1. The third-order valence-electron chi connectivity index (χ3n) is 4.82. The lowest BCUT2D eigenvalue weighted by molar-refractivity contribution is -0.116. The first-order valence-corrected chi connectivity index (χ1v) is 12.1. The van der Waals surface area contributed by atoms with E-state index in [1.165, 1.54) is 12.1 Å². The fourth-order valence-electron chi connectivity index (χ4n) is 3.17. The van der Waals surface area contributed by atoms with Gasteiger partial charge in [-0.15, -0.1) is 0 Å². The number of sulfonamides is 1. The minimum atomic E-state index is -3.61. The monoisotopic (exact) mass is 470 g/mol. The van der Waals surface area contributed by atoms with Crippen LogP contribution in [0, 0.1) is 0 Å². The van der Waals surface area contributed by atoms with Crippen LogP contribution in [-0.2, 0) is 21.2 Å². The number of benzene rings is 3. The van der Waals surface area contributed by atoms with Crippen LogP contribution in [0.2, 0.25) is 5.02 Å². The first kappa shape index (κ1) is 23.7. The summed E-state index contributed by atoms with van der Waals surface area (Å²) >= 11 is 6.08. The van der Waals surface area contributed by atoms with Crippen molar-refractivity contribution in [2.75, 3.05) is 24.7 Å². The van der Waals surface area contributed by atoms with Crippen LogP contribution in [0.15, 0.2) is 78.9 Å². The van der Waals surface area contributed by atoms with Crippen molar-refractivity contribution in [2.45, 2.75) is 6.42 Å². The first-order valence-electron chi connectivity index (χ1n) is 9.92. The Morgan fingerprint density at radius 3 is 2.19 bits per heavy atom. The molecule has 0 aliphatic rings. The molecule has 166 valence electrons. The van der Waals surface area contributed by atoms with Crippen LogP contribution in [0.1, 0.15) is 21.5 Å². The maximum Gasteiger partial charge on any atom is 0.239 e. The number of anilines is 1. The van der Waals surface area contributed by atoms with Gasteiger partial charge < -0.3 is 5.32 Å². The van der Waals surface area contributed by atoms with E-state index in [4.69, 9.17) is 11.6 Å². The van der Waals surface area contributed by atoms with Gasteiger partial charge in [-0.3, -0.25) is 9.59 Å². The fourth-order valence-corrected chi connectivity index (χ4v) is 4.12. The van der Waals surface area contributed by atoms with Gasteiger partial charge in [0.05, 0.1) is 18.5 Å². The van der Waals surface area contributed by atoms with Crippen molar-refractivity contribution in [1.82, 2.24) is 4.31 Å². The zero-order valence-corrected chi connectivity index (χ0v) is 19.1. The highest BCUT2D eigenvalue weighted by molar-refractivity contribution is 7.88. The van der Waals surface area contributed by atoms with Gasteiger partial charge in [0.2, 0.25) is 15.9 Å². The van der Waals surface area contributed by atoms with Crippen molar-refractivity contribution in [2.24, 2.45) is 0 Å². The minimum absolute atomic E-state index is 0.159. The van der Waals surface area contributed by atoms with E-state index in [1.807, 2.05) is 30.3 Å². The molecule has 0 aliphatic heterocycles. The Balaban J connectivity index is 1.76. The highest BCUT2D eigenvalue weighted by Gasteiger charge is 2.22. The largest absolute Gasteiger partial charge is 0.324 e. The van der Waals surface area contributed by atoms with E-state index < -0.39 is 15.9 Å². The molecular formula is C24H23ClN2O4S. The summed E-state index contributed by atoms with van der Waals surface area (Å²) in [5.41, 5.74) is 1.91. The van der Waals surface area contributed by atoms with Crippen LogP contribution in [0.5, 0.6) is 0 Å². The van der Waals surface area contributed by atoms with E-state index in [0.717, 1.165) is 16.1 Å². The molecule has 8 heteroatoms. The van der Waals surface area contributed by atoms with Gasteiger partial charge in [0.15, 0.2) is 5.78 Å². The van der Waals surface area contributed by atoms with Gasteiger partial charge in [-0.25, -0.2) is 8.42 Å². The van der Waals surface area contributed by atoms with E-state index in [9.17, 15) is 18.0 Å². The predicted molar refractivity (Wildman–Crippen MR) is 127 cm³/mol. The molecule has 3 aromatic rings. The minimum Gasteiger partial charge on any atom is -0.324 e. The lowest BCUT2D eigenvalue weighted by atomic mass is 10.0. The molecule has 0 aliphatic carbocycles. The lowest BCUT2D eigenvalue weighted by Crippen LogP contribution is -2.38. The highest BCUT2D eigenvalue weighted by atomic mass is 35.5. The van der Waals surface area contributed by atoms with Gasteiger partial charge in [0, 0.05) is 22.7 Å². The number of carbonyl (C=O) groups excluding carboxylic acids is 2. The van der Waals surface area contributed by atoms with Crippen molar-refractivity contribution in [3.8, 4) is 0 Å². The van der Waals surface area contributed by atoms with Crippen molar-refractivity contribution >= 4 is 39.0 Å². The molecule has 3 aromatic carbocycles. The number of amides is 1. The molecule has 6 nitrogen and oxygen atoms in total. The van der Waals surface area contributed by atoms with Gasteiger partial charge in [-0.1, -0.05) is 72.3 Å². The number of hydrogen-bond donors (Lipinski definition) is 1. The molecule has 0 bridgehead atoms. The van der Waals surface area contributed by atoms with Gasteiger partial charge in [-0.2, -0.15) is 4.31 Å². The van der Waals surface area contributed by atoms with Crippen molar-refractivity contribution < 1.29 is 18.0 Å². The van der Waals surface area contributed by atoms with E-state index in [0.29, 0.717) is 17.0 Å². The highest BCUT2D eigenvalue weighted by Crippen LogP contribution is 2.24. The Labute approximate surface area is 192 Å². The van der Waals surface area contributed by atoms with Crippen LogP contribution in [0.4, 0.5) is 5.69 Å². The molecule has 0 unspecified atom stereocenters. The maximum atomic E-state index is 12.9. The fraction of sp³-hybridized carbons (Fsp3) is 0.167. The molecule has 1 amide bonds. The number of nitrogens with one attached hydrogen (secondary N) is 1. The molecule has 32 heavy (non-hydrogen) atoms. The Morgan fingerprint density at radius 2 is 1.56 bits per heavy atom. The quantitative estimate of drug-likeness (QED) is 0.479. The number of rotatable bonds is 9. The normalized spacial score (nSPS) is 11.3. The summed E-state index contributed by atoms with van der Waals surface area (Å²) in [5, 5.41) is 3.01. The second-order valence-corrected chi connectivity index (χ2v) is 9.68. The first-order chi connectivity index (χ1) is 15.2. The smallest absolute Gasteiger partial charge is 0.239 e. The summed E-state index contributed by atoms with van der Waals surface area (Å²) in [6.07, 6.45) is 1.54. The molecule has 0 spiro atoms. The van der Waals surface area contributed by atoms with E-state index in [2.05, 4.69) is 5.32 Å². The predicted octanol–water partition coefficient (Wildman–Crippen LogP) is 4.01. The van der Waals surface area contributed by atoms with E-state index in [-0.39, 0.29) is 30.1 Å². The van der Waals surface area contributed by atoms with E-state index >= 15 is 0 Å². The molecule has 0 fully saturated rings. The van der Waals surface area contributed by atoms with Crippen molar-refractivity contribution in [3.63, 3.8) is 0 Å². The summed E-state index contributed by atoms with van der Waals surface area (Å²) in [4.78, 5) is 25.6. The maximum absolute atomic E-state index is 12.9. The van der Waals surface area contributed by atoms with Crippen LogP contribution >= 0.6 is 11.6 Å². The third kappa shape index (κ3) is 6.50. The molecule has 0 saturated carbocycles. The van der Waals surface area contributed by atoms with Crippen LogP contribution in [0.3, 0.4) is 0 Å². The summed E-state index contributed by atoms with van der Waals surface area (Å²) < 4.78 is 25.6. The van der Waals surface area contributed by atoms with Gasteiger partial charge >= 0.3 is 0 Å². The van der Waals surface area contributed by atoms with Crippen LogP contribution in [0.25, 0.3) is 0 Å². The Kier molecular flexibility index (Phi) is 7.80. The van der Waals surface area contributed by atoms with Gasteiger partial charge in [0.1, 0.15) is 0 Å². The van der Waals surface area contributed by atoms with Gasteiger partial charge in [-0.05, 0) is 30.2 Å². The Bertz CT molecular complexity index is 1200. The molecule has 0 radical (unpaired) electrons. The topological polar surface area (TPSA) is 83.6 Å². The second-order valence-electron chi connectivity index (χ2n) is 7.27. The number of hydrogen-bond acceptors (Lipinski definition) is 4. The lowest BCUT2D eigenvalue weighted by Gasteiger charge is -2.20. The zero-order valence-electron chi connectivity index (χ0n) is 17.5. The number of halogens is 1. The molecule has 0 saturated heterocycles. The van der Waals surface area contributed by atoms with Gasteiger partial charge in [0.25, 0.3) is 0 Å². The number of nitrogens with zero attached hydrogens (tertiary/aromatic N) is 1. The summed E-state index contributed by atoms with van der Waals surface area (Å²) in [6, 6.07) is 22.6. The molecule has 0 heterocycles. The second kappa shape index (κ2) is 10.5. The number of carbonyl (C=O) groups is 2. The number of ketones is 1. The molecular weight excluding hydrogens is 448 g/mol. The zero-order chi connectivity index (χ0) is 23.1. The Morgan fingerprint density at radius 1 is 0.938 bits per heavy atom. The summed E-state index contributed by atoms with van der Waals surface area (Å²) in [6.45, 7) is -0.208. The van der Waals surface area contributed by atoms with Crippen LogP contribution in [-0.4, -0.2) is 43.8 Å². The molecule has 0 atom stereocenters. The molecule has 1 N–H and O–H groups in total. The summed E-state index contributed by atoms with van der Waals surface area (Å²) in [7, 11) is -3.61. The standard InChI is InChI=1S/C24H23ClN2O4S/c1-32(30,31)27(15-14-18-8-4-2-5-9-18)17-23(28)26-22-13-12-20(25)16-21(22)24(29)19-10-6-3-7-11-19/h2-13,16H,14-15,17H2,1H3,(H,26,28). The Hall–Kier alpha value is -3.00. The molecule has 0 aromatic heterocycles.